The maximum atomic E-state index is 12.5. The van der Waals surface area contributed by atoms with Gasteiger partial charge >= 0.3 is 0 Å². The quantitative estimate of drug-likeness (QED) is 0.636. The molecule has 0 atom stereocenters. The summed E-state index contributed by atoms with van der Waals surface area (Å²) in [6.45, 7) is 0.967. The van der Waals surface area contributed by atoms with E-state index < -0.39 is 0 Å². The lowest BCUT2D eigenvalue weighted by Gasteiger charge is -2.19. The van der Waals surface area contributed by atoms with Gasteiger partial charge < -0.3 is 9.88 Å². The first-order valence-corrected chi connectivity index (χ1v) is 7.60. The first kappa shape index (κ1) is 12.5. The Morgan fingerprint density at radius 3 is 3.05 bits per heavy atom. The second kappa shape index (κ2) is 4.85. The van der Waals surface area contributed by atoms with E-state index in [2.05, 4.69) is 19.9 Å². The van der Waals surface area contributed by atoms with Crippen molar-refractivity contribution in [1.29, 1.82) is 0 Å². The van der Waals surface area contributed by atoms with E-state index in [-0.39, 0.29) is 5.43 Å². The van der Waals surface area contributed by atoms with Crippen molar-refractivity contribution in [2.24, 2.45) is 0 Å². The van der Waals surface area contributed by atoms with E-state index in [0.29, 0.717) is 16.2 Å². The molecule has 0 radical (unpaired) electrons. The molecule has 0 amide bonds. The number of fused-ring (bicyclic) bond motifs is 2. The summed E-state index contributed by atoms with van der Waals surface area (Å²) in [4.78, 5) is 26.6. The zero-order valence-corrected chi connectivity index (χ0v) is 11.9. The van der Waals surface area contributed by atoms with Crippen LogP contribution in [0.2, 0.25) is 0 Å². The van der Waals surface area contributed by atoms with E-state index in [1.54, 1.807) is 6.20 Å². The van der Waals surface area contributed by atoms with Crippen LogP contribution in [0.5, 0.6) is 0 Å². The minimum atomic E-state index is 0.0742. The number of anilines is 1. The minimum absolute atomic E-state index is 0.0742. The molecular formula is C13H16N4OS. The Kier molecular flexibility index (Phi) is 3.18. The third-order valence-corrected chi connectivity index (χ3v) is 4.10. The van der Waals surface area contributed by atoms with Gasteiger partial charge in [0, 0.05) is 25.4 Å². The predicted octanol–water partition coefficient (Wildman–Crippen LogP) is 1.81. The average Bonchev–Trinajstić information content (AvgIpc) is 2.61. The average molecular weight is 276 g/mol. The Labute approximate surface area is 115 Å². The topological polar surface area (TPSA) is 61.9 Å². The highest BCUT2D eigenvalue weighted by Gasteiger charge is 2.18. The van der Waals surface area contributed by atoms with Crippen LogP contribution in [0, 0.1) is 0 Å². The molecule has 0 spiro atoms. The van der Waals surface area contributed by atoms with Crippen molar-refractivity contribution in [3.05, 3.63) is 22.0 Å². The van der Waals surface area contributed by atoms with Crippen LogP contribution < -0.4 is 10.3 Å². The number of H-pyrrole nitrogens is 1. The third-order valence-electron chi connectivity index (χ3n) is 3.54. The molecule has 0 aromatic carbocycles. The lowest BCUT2D eigenvalue weighted by atomic mass is 10.1. The van der Waals surface area contributed by atoms with Crippen LogP contribution in [-0.2, 0) is 6.42 Å². The molecule has 0 saturated carbocycles. The molecule has 100 valence electrons. The SMILES string of the molecule is CSc1ncc2c(=O)c3c([nH]c2n1)N(C)CCCC3. The van der Waals surface area contributed by atoms with Crippen molar-refractivity contribution in [1.82, 2.24) is 15.0 Å². The van der Waals surface area contributed by atoms with Gasteiger partial charge in [0.25, 0.3) is 0 Å². The van der Waals surface area contributed by atoms with E-state index in [4.69, 9.17) is 0 Å². The molecule has 5 nitrogen and oxygen atoms in total. The molecule has 0 bridgehead atoms. The monoisotopic (exact) mass is 276 g/mol. The third kappa shape index (κ3) is 2.10. The number of pyridine rings is 1. The van der Waals surface area contributed by atoms with Gasteiger partial charge in [0.1, 0.15) is 11.5 Å². The van der Waals surface area contributed by atoms with Crippen LogP contribution >= 0.6 is 11.8 Å². The maximum absolute atomic E-state index is 12.5. The van der Waals surface area contributed by atoms with Gasteiger partial charge in [0.15, 0.2) is 10.6 Å². The molecule has 0 unspecified atom stereocenters. The van der Waals surface area contributed by atoms with Gasteiger partial charge in [0.05, 0.1) is 5.39 Å². The van der Waals surface area contributed by atoms with Gasteiger partial charge in [-0.05, 0) is 25.5 Å². The van der Waals surface area contributed by atoms with Crippen molar-refractivity contribution in [2.45, 2.75) is 24.4 Å². The Bertz CT molecular complexity index is 682. The molecule has 0 fully saturated rings. The minimum Gasteiger partial charge on any atom is -0.361 e. The summed E-state index contributed by atoms with van der Waals surface area (Å²) in [5.74, 6) is 0.917. The fourth-order valence-electron chi connectivity index (χ4n) is 2.50. The number of thioether (sulfide) groups is 1. The highest BCUT2D eigenvalue weighted by atomic mass is 32.2. The van der Waals surface area contributed by atoms with E-state index in [0.717, 1.165) is 37.2 Å². The summed E-state index contributed by atoms with van der Waals surface area (Å²) in [5.41, 5.74) is 1.58. The second-order valence-electron chi connectivity index (χ2n) is 4.78. The summed E-state index contributed by atoms with van der Waals surface area (Å²) < 4.78 is 0. The molecule has 2 aromatic heterocycles. The Morgan fingerprint density at radius 2 is 2.26 bits per heavy atom. The van der Waals surface area contributed by atoms with Gasteiger partial charge in [-0.15, -0.1) is 0 Å². The van der Waals surface area contributed by atoms with Gasteiger partial charge in [-0.2, -0.15) is 0 Å². The molecule has 3 rings (SSSR count). The van der Waals surface area contributed by atoms with Gasteiger partial charge in [0.2, 0.25) is 0 Å². The number of aromatic nitrogens is 3. The molecular weight excluding hydrogens is 260 g/mol. The van der Waals surface area contributed by atoms with Crippen LogP contribution in [0.25, 0.3) is 11.0 Å². The van der Waals surface area contributed by atoms with Crippen molar-refractivity contribution in [3.63, 3.8) is 0 Å². The molecule has 0 aliphatic carbocycles. The molecule has 0 saturated heterocycles. The predicted molar refractivity (Wildman–Crippen MR) is 78.1 cm³/mol. The fraction of sp³-hybridized carbons (Fsp3) is 0.462. The molecule has 6 heteroatoms. The van der Waals surface area contributed by atoms with Crippen molar-refractivity contribution < 1.29 is 0 Å². The zero-order valence-electron chi connectivity index (χ0n) is 11.1. The van der Waals surface area contributed by atoms with Crippen molar-refractivity contribution in [3.8, 4) is 0 Å². The zero-order chi connectivity index (χ0) is 13.4. The highest BCUT2D eigenvalue weighted by molar-refractivity contribution is 7.98. The lowest BCUT2D eigenvalue weighted by Crippen LogP contribution is -2.23. The maximum Gasteiger partial charge on any atom is 0.197 e. The number of rotatable bonds is 1. The molecule has 1 aliphatic rings. The number of hydrogen-bond donors (Lipinski definition) is 1. The van der Waals surface area contributed by atoms with E-state index >= 15 is 0 Å². The molecule has 1 N–H and O–H groups in total. The highest BCUT2D eigenvalue weighted by Crippen LogP contribution is 2.23. The van der Waals surface area contributed by atoms with E-state index in [9.17, 15) is 4.79 Å². The van der Waals surface area contributed by atoms with Crippen molar-refractivity contribution in [2.75, 3.05) is 24.7 Å². The molecule has 19 heavy (non-hydrogen) atoms. The number of aromatic amines is 1. The first-order chi connectivity index (χ1) is 9.20. The Hall–Kier alpha value is -1.56. The molecule has 1 aliphatic heterocycles. The van der Waals surface area contributed by atoms with Gasteiger partial charge in [-0.3, -0.25) is 4.79 Å². The number of hydrogen-bond acceptors (Lipinski definition) is 5. The lowest BCUT2D eigenvalue weighted by molar-refractivity contribution is 0.748. The Morgan fingerprint density at radius 1 is 1.42 bits per heavy atom. The normalized spacial score (nSPS) is 15.4. The molecule has 2 aromatic rings. The fourth-order valence-corrected chi connectivity index (χ4v) is 2.84. The largest absolute Gasteiger partial charge is 0.361 e. The van der Waals surface area contributed by atoms with Crippen LogP contribution in [0.1, 0.15) is 18.4 Å². The van der Waals surface area contributed by atoms with E-state index in [1.807, 2.05) is 13.3 Å². The summed E-state index contributed by atoms with van der Waals surface area (Å²) in [5, 5.41) is 1.27. The van der Waals surface area contributed by atoms with Crippen LogP contribution in [0.4, 0.5) is 5.82 Å². The smallest absolute Gasteiger partial charge is 0.197 e. The van der Waals surface area contributed by atoms with E-state index in [1.165, 1.54) is 11.8 Å². The summed E-state index contributed by atoms with van der Waals surface area (Å²) in [7, 11) is 2.02. The standard InChI is InChI=1S/C13H16N4OS/c1-17-6-4-3-5-8-10(18)9-7-14-13(19-2)16-11(9)15-12(8)17/h7H,3-6H2,1-2H3,(H,14,15,16,18). The van der Waals surface area contributed by atoms with Crippen LogP contribution in [0.15, 0.2) is 16.1 Å². The number of nitrogens with zero attached hydrogens (tertiary/aromatic N) is 3. The van der Waals surface area contributed by atoms with Gasteiger partial charge in [-0.25, -0.2) is 9.97 Å². The van der Waals surface area contributed by atoms with Crippen LogP contribution in [-0.4, -0.2) is 34.8 Å². The van der Waals surface area contributed by atoms with Gasteiger partial charge in [-0.1, -0.05) is 11.8 Å². The Balaban J connectivity index is 2.30. The first-order valence-electron chi connectivity index (χ1n) is 6.37. The number of nitrogens with one attached hydrogen (secondary N) is 1. The summed E-state index contributed by atoms with van der Waals surface area (Å²) >= 11 is 1.47. The summed E-state index contributed by atoms with van der Waals surface area (Å²) in [6, 6.07) is 0. The van der Waals surface area contributed by atoms with Crippen LogP contribution in [0.3, 0.4) is 0 Å². The second-order valence-corrected chi connectivity index (χ2v) is 5.55. The van der Waals surface area contributed by atoms with Crippen molar-refractivity contribution >= 4 is 28.6 Å². The molecule has 3 heterocycles. The summed E-state index contributed by atoms with van der Waals surface area (Å²) in [6.07, 6.45) is 6.55.